The number of carbonyl (C=O) groups is 1. The lowest BCUT2D eigenvalue weighted by atomic mass is 9.65. The molecule has 4 atom stereocenters. The summed E-state index contributed by atoms with van der Waals surface area (Å²) in [7, 11) is 1.60. The molecule has 1 aliphatic heterocycles. The van der Waals surface area contributed by atoms with Crippen LogP contribution in [0, 0.1) is 5.92 Å². The SMILES string of the molecule is COc1ccc2c(c1)O[C@H](O)[C@@H]1[C@@H](c3ccccc3)CC(=O)C[C@@H]21. The minimum atomic E-state index is -0.923. The summed E-state index contributed by atoms with van der Waals surface area (Å²) >= 11 is 0. The van der Waals surface area contributed by atoms with Crippen molar-refractivity contribution in [2.75, 3.05) is 7.11 Å². The largest absolute Gasteiger partial charge is 0.497 e. The second-order valence-electron chi connectivity index (χ2n) is 6.56. The molecule has 0 aromatic heterocycles. The molecular formula is C20H20O4. The Morgan fingerprint density at radius 2 is 1.83 bits per heavy atom. The van der Waals surface area contributed by atoms with E-state index in [9.17, 15) is 9.90 Å². The lowest BCUT2D eigenvalue weighted by Gasteiger charge is -2.44. The molecule has 0 unspecified atom stereocenters. The van der Waals surface area contributed by atoms with E-state index in [-0.39, 0.29) is 23.5 Å². The van der Waals surface area contributed by atoms with Crippen molar-refractivity contribution >= 4 is 5.78 Å². The van der Waals surface area contributed by atoms with E-state index in [2.05, 4.69) is 0 Å². The zero-order chi connectivity index (χ0) is 16.7. The quantitative estimate of drug-likeness (QED) is 0.921. The van der Waals surface area contributed by atoms with Gasteiger partial charge in [0.25, 0.3) is 0 Å². The van der Waals surface area contributed by atoms with E-state index in [4.69, 9.17) is 9.47 Å². The molecule has 1 N–H and O–H groups in total. The van der Waals surface area contributed by atoms with Crippen LogP contribution in [-0.2, 0) is 4.79 Å². The molecule has 2 aromatic carbocycles. The first kappa shape index (κ1) is 15.2. The van der Waals surface area contributed by atoms with Gasteiger partial charge in [-0.1, -0.05) is 36.4 Å². The third-order valence-electron chi connectivity index (χ3n) is 5.25. The number of ketones is 1. The van der Waals surface area contributed by atoms with Gasteiger partial charge in [0.15, 0.2) is 0 Å². The first-order valence-corrected chi connectivity index (χ1v) is 8.26. The number of ether oxygens (including phenoxy) is 2. The summed E-state index contributed by atoms with van der Waals surface area (Å²) in [4.78, 5) is 12.4. The Morgan fingerprint density at radius 1 is 1.08 bits per heavy atom. The minimum Gasteiger partial charge on any atom is -0.497 e. The van der Waals surface area contributed by atoms with Gasteiger partial charge >= 0.3 is 0 Å². The lowest BCUT2D eigenvalue weighted by molar-refractivity contribution is -0.131. The second kappa shape index (κ2) is 5.95. The van der Waals surface area contributed by atoms with Gasteiger partial charge in [-0.05, 0) is 17.2 Å². The summed E-state index contributed by atoms with van der Waals surface area (Å²) in [6.45, 7) is 0. The van der Waals surface area contributed by atoms with E-state index >= 15 is 0 Å². The lowest BCUT2D eigenvalue weighted by Crippen LogP contribution is -2.43. The molecule has 1 saturated carbocycles. The van der Waals surface area contributed by atoms with Crippen LogP contribution < -0.4 is 9.47 Å². The third kappa shape index (κ3) is 2.47. The van der Waals surface area contributed by atoms with E-state index in [1.807, 2.05) is 42.5 Å². The highest BCUT2D eigenvalue weighted by molar-refractivity contribution is 5.82. The van der Waals surface area contributed by atoms with Crippen molar-refractivity contribution in [3.05, 3.63) is 59.7 Å². The molecule has 0 spiro atoms. The van der Waals surface area contributed by atoms with Gasteiger partial charge in [0.1, 0.15) is 17.3 Å². The molecule has 1 aliphatic carbocycles. The number of carbonyl (C=O) groups excluding carboxylic acids is 1. The van der Waals surface area contributed by atoms with Crippen LogP contribution in [0.15, 0.2) is 48.5 Å². The third-order valence-corrected chi connectivity index (χ3v) is 5.25. The maximum Gasteiger partial charge on any atom is 0.201 e. The summed E-state index contributed by atoms with van der Waals surface area (Å²) in [5, 5.41) is 10.7. The molecule has 4 rings (SSSR count). The van der Waals surface area contributed by atoms with Crippen LogP contribution in [0.4, 0.5) is 0 Å². The molecule has 24 heavy (non-hydrogen) atoms. The van der Waals surface area contributed by atoms with Crippen molar-refractivity contribution in [1.29, 1.82) is 0 Å². The number of Topliss-reactive ketones (excluding diaryl/α,β-unsaturated/α-hetero) is 1. The molecule has 2 aliphatic rings. The average molecular weight is 324 g/mol. The smallest absolute Gasteiger partial charge is 0.201 e. The highest BCUT2D eigenvalue weighted by atomic mass is 16.6. The molecule has 124 valence electrons. The van der Waals surface area contributed by atoms with E-state index in [1.165, 1.54) is 0 Å². The second-order valence-corrected chi connectivity index (χ2v) is 6.56. The number of methoxy groups -OCH3 is 1. The molecule has 0 bridgehead atoms. The summed E-state index contributed by atoms with van der Waals surface area (Å²) in [6, 6.07) is 15.6. The number of fused-ring (bicyclic) bond motifs is 3. The van der Waals surface area contributed by atoms with Gasteiger partial charge in [-0.25, -0.2) is 0 Å². The number of hydrogen-bond donors (Lipinski definition) is 1. The number of aliphatic hydroxyl groups is 1. The van der Waals surface area contributed by atoms with Gasteiger partial charge in [0, 0.05) is 36.7 Å². The predicted molar refractivity (Wildman–Crippen MR) is 89.3 cm³/mol. The van der Waals surface area contributed by atoms with Crippen LogP contribution in [0.1, 0.15) is 35.8 Å². The van der Waals surface area contributed by atoms with Crippen LogP contribution in [-0.4, -0.2) is 24.3 Å². The fourth-order valence-electron chi connectivity index (χ4n) is 4.14. The van der Waals surface area contributed by atoms with Crippen LogP contribution >= 0.6 is 0 Å². The number of benzene rings is 2. The Bertz CT molecular complexity index is 755. The molecule has 4 heteroatoms. The van der Waals surface area contributed by atoms with Gasteiger partial charge in [-0.3, -0.25) is 4.79 Å². The number of hydrogen-bond acceptors (Lipinski definition) is 4. The Balaban J connectivity index is 1.77. The minimum absolute atomic E-state index is 0.0253. The van der Waals surface area contributed by atoms with Crippen molar-refractivity contribution in [2.24, 2.45) is 5.92 Å². The van der Waals surface area contributed by atoms with Gasteiger partial charge in [0.05, 0.1) is 7.11 Å². The highest BCUT2D eigenvalue weighted by Gasteiger charge is 2.47. The molecule has 0 saturated heterocycles. The van der Waals surface area contributed by atoms with E-state index in [0.29, 0.717) is 24.3 Å². The van der Waals surface area contributed by atoms with Crippen LogP contribution in [0.2, 0.25) is 0 Å². The standard InChI is InChI=1S/C20H20O4/c1-23-14-7-8-15-17-10-13(21)9-16(12-5-3-2-4-6-12)19(17)20(22)24-18(15)11-14/h2-8,11,16-17,19-20,22H,9-10H2,1H3/t16-,17+,19-,20+/m1/s1. The Hall–Kier alpha value is -2.33. The molecule has 1 fully saturated rings. The summed E-state index contributed by atoms with van der Waals surface area (Å²) in [6.07, 6.45) is -0.0157. The summed E-state index contributed by atoms with van der Waals surface area (Å²) in [5.41, 5.74) is 2.07. The highest BCUT2D eigenvalue weighted by Crippen LogP contribution is 2.52. The van der Waals surface area contributed by atoms with Crippen molar-refractivity contribution in [2.45, 2.75) is 31.0 Å². The van der Waals surface area contributed by atoms with Gasteiger partial charge in [-0.2, -0.15) is 0 Å². The van der Waals surface area contributed by atoms with E-state index in [0.717, 1.165) is 11.1 Å². The van der Waals surface area contributed by atoms with Crippen LogP contribution in [0.3, 0.4) is 0 Å². The topological polar surface area (TPSA) is 55.8 Å². The zero-order valence-corrected chi connectivity index (χ0v) is 13.5. The zero-order valence-electron chi connectivity index (χ0n) is 13.5. The van der Waals surface area contributed by atoms with Crippen molar-refractivity contribution in [3.63, 3.8) is 0 Å². The Morgan fingerprint density at radius 3 is 2.58 bits per heavy atom. The number of rotatable bonds is 2. The van der Waals surface area contributed by atoms with Crippen LogP contribution in [0.25, 0.3) is 0 Å². The normalized spacial score (nSPS) is 28.5. The van der Waals surface area contributed by atoms with Gasteiger partial charge < -0.3 is 14.6 Å². The first-order chi connectivity index (χ1) is 11.7. The first-order valence-electron chi connectivity index (χ1n) is 8.26. The Labute approximate surface area is 141 Å². The molecule has 2 aromatic rings. The maximum atomic E-state index is 12.4. The monoisotopic (exact) mass is 324 g/mol. The summed E-state index contributed by atoms with van der Waals surface area (Å²) < 4.78 is 11.0. The van der Waals surface area contributed by atoms with Gasteiger partial charge in [0.2, 0.25) is 6.29 Å². The van der Waals surface area contributed by atoms with Crippen LogP contribution in [0.5, 0.6) is 11.5 Å². The maximum absolute atomic E-state index is 12.4. The predicted octanol–water partition coefficient (Wildman–Crippen LogP) is 3.25. The van der Waals surface area contributed by atoms with E-state index in [1.54, 1.807) is 13.2 Å². The molecule has 0 radical (unpaired) electrons. The van der Waals surface area contributed by atoms with Crippen molar-refractivity contribution < 1.29 is 19.4 Å². The van der Waals surface area contributed by atoms with E-state index < -0.39 is 6.29 Å². The van der Waals surface area contributed by atoms with Crippen molar-refractivity contribution in [3.8, 4) is 11.5 Å². The summed E-state index contributed by atoms with van der Waals surface area (Å²) in [5.74, 6) is 1.36. The fourth-order valence-corrected chi connectivity index (χ4v) is 4.14. The average Bonchev–Trinajstić information content (AvgIpc) is 2.61. The number of aliphatic hydroxyl groups excluding tert-OH is 1. The molecule has 0 amide bonds. The molecule has 4 nitrogen and oxygen atoms in total. The fraction of sp³-hybridized carbons (Fsp3) is 0.350. The molecular weight excluding hydrogens is 304 g/mol. The Kier molecular flexibility index (Phi) is 3.77. The van der Waals surface area contributed by atoms with Gasteiger partial charge in [-0.15, -0.1) is 0 Å². The molecule has 1 heterocycles. The van der Waals surface area contributed by atoms with Crippen molar-refractivity contribution in [1.82, 2.24) is 0 Å².